The molecule has 0 saturated heterocycles. The molecule has 0 aromatic heterocycles. The van der Waals surface area contributed by atoms with Crippen molar-refractivity contribution in [1.82, 2.24) is 5.32 Å². The van der Waals surface area contributed by atoms with Gasteiger partial charge >= 0.3 is 6.61 Å². The molecule has 2 rings (SSSR count). The first-order valence-corrected chi connectivity index (χ1v) is 6.43. The highest BCUT2D eigenvalue weighted by atomic mass is 19.3. The third kappa shape index (κ3) is 4.26. The topological polar surface area (TPSA) is 21.3 Å². The van der Waals surface area contributed by atoms with E-state index in [0.717, 1.165) is 18.0 Å². The van der Waals surface area contributed by atoms with Gasteiger partial charge in [-0.3, -0.25) is 0 Å². The number of hydrogen-bond acceptors (Lipinski definition) is 2. The number of halogens is 2. The minimum atomic E-state index is -2.77. The first kappa shape index (κ1) is 13.3. The summed E-state index contributed by atoms with van der Waals surface area (Å²) in [6, 6.07) is 7.04. The lowest BCUT2D eigenvalue weighted by atomic mass is 10.1. The van der Waals surface area contributed by atoms with Crippen molar-refractivity contribution in [3.8, 4) is 5.75 Å². The zero-order chi connectivity index (χ0) is 13.0. The number of alkyl halides is 2. The first-order valence-electron chi connectivity index (χ1n) is 6.43. The molecule has 0 bridgehead atoms. The third-order valence-electron chi connectivity index (χ3n) is 3.28. The summed E-state index contributed by atoms with van der Waals surface area (Å²) >= 11 is 0. The van der Waals surface area contributed by atoms with Gasteiger partial charge in [0.2, 0.25) is 0 Å². The van der Waals surface area contributed by atoms with Gasteiger partial charge in [-0.1, -0.05) is 25.0 Å². The maximum atomic E-state index is 12.1. The van der Waals surface area contributed by atoms with Crippen LogP contribution in [0.5, 0.6) is 5.75 Å². The number of ether oxygens (including phenoxy) is 1. The molecule has 100 valence electrons. The highest BCUT2D eigenvalue weighted by Gasteiger charge is 2.20. The van der Waals surface area contributed by atoms with Gasteiger partial charge in [-0.15, -0.1) is 0 Å². The minimum absolute atomic E-state index is 0.157. The third-order valence-corrected chi connectivity index (χ3v) is 3.28. The molecule has 1 unspecified atom stereocenters. The maximum Gasteiger partial charge on any atom is 0.387 e. The molecule has 1 aromatic carbocycles. The van der Waals surface area contributed by atoms with E-state index in [1.54, 1.807) is 18.2 Å². The Morgan fingerprint density at radius 1 is 1.39 bits per heavy atom. The Hall–Kier alpha value is -1.16. The molecule has 1 atom stereocenters. The molecular formula is C14H19F2NO. The van der Waals surface area contributed by atoms with Crippen molar-refractivity contribution in [2.75, 3.05) is 6.54 Å². The van der Waals surface area contributed by atoms with E-state index in [4.69, 9.17) is 0 Å². The van der Waals surface area contributed by atoms with Crippen LogP contribution in [0.1, 0.15) is 37.8 Å². The zero-order valence-electron chi connectivity index (χ0n) is 10.5. The lowest BCUT2D eigenvalue weighted by Crippen LogP contribution is -2.20. The summed E-state index contributed by atoms with van der Waals surface area (Å²) in [5.41, 5.74) is 0.976. The Balaban J connectivity index is 1.85. The molecular weight excluding hydrogens is 236 g/mol. The Labute approximate surface area is 106 Å². The van der Waals surface area contributed by atoms with Crippen molar-refractivity contribution < 1.29 is 13.5 Å². The predicted octanol–water partition coefficient (Wildman–Crippen LogP) is 3.74. The lowest BCUT2D eigenvalue weighted by molar-refractivity contribution is -0.0499. The van der Waals surface area contributed by atoms with Gasteiger partial charge in [0.1, 0.15) is 5.75 Å². The molecule has 1 saturated carbocycles. The average Bonchev–Trinajstić information content (AvgIpc) is 3.12. The van der Waals surface area contributed by atoms with E-state index in [0.29, 0.717) is 0 Å². The largest absolute Gasteiger partial charge is 0.435 e. The van der Waals surface area contributed by atoms with Crippen LogP contribution in [0.25, 0.3) is 0 Å². The summed E-state index contributed by atoms with van der Waals surface area (Å²) in [5.74, 6) is 1.12. The summed E-state index contributed by atoms with van der Waals surface area (Å²) < 4.78 is 28.6. The van der Waals surface area contributed by atoms with Gasteiger partial charge in [0.25, 0.3) is 0 Å². The molecule has 4 heteroatoms. The first-order chi connectivity index (χ1) is 8.65. The van der Waals surface area contributed by atoms with Gasteiger partial charge < -0.3 is 10.1 Å². The highest BCUT2D eigenvalue weighted by Crippen LogP contribution is 2.32. The van der Waals surface area contributed by atoms with Gasteiger partial charge in [-0.25, -0.2) is 0 Å². The fourth-order valence-electron chi connectivity index (χ4n) is 1.99. The monoisotopic (exact) mass is 255 g/mol. The highest BCUT2D eigenvalue weighted by molar-refractivity contribution is 5.30. The Kier molecular flexibility index (Phi) is 4.53. The predicted molar refractivity (Wildman–Crippen MR) is 66.8 cm³/mol. The van der Waals surface area contributed by atoms with E-state index in [1.807, 2.05) is 13.0 Å². The van der Waals surface area contributed by atoms with E-state index >= 15 is 0 Å². The van der Waals surface area contributed by atoms with Crippen molar-refractivity contribution in [3.05, 3.63) is 29.8 Å². The Morgan fingerprint density at radius 2 is 2.17 bits per heavy atom. The van der Waals surface area contributed by atoms with Crippen molar-refractivity contribution in [1.29, 1.82) is 0 Å². The number of benzene rings is 1. The summed E-state index contributed by atoms with van der Waals surface area (Å²) in [7, 11) is 0. The van der Waals surface area contributed by atoms with Crippen molar-refractivity contribution in [2.24, 2.45) is 5.92 Å². The fourth-order valence-corrected chi connectivity index (χ4v) is 1.99. The van der Waals surface area contributed by atoms with Crippen LogP contribution in [-0.4, -0.2) is 13.2 Å². The summed E-state index contributed by atoms with van der Waals surface area (Å²) in [5, 5.41) is 3.41. The number of rotatable bonds is 7. The normalized spacial score (nSPS) is 16.9. The molecule has 0 aliphatic heterocycles. The molecule has 1 fully saturated rings. The van der Waals surface area contributed by atoms with Crippen molar-refractivity contribution >= 4 is 0 Å². The van der Waals surface area contributed by atoms with Gasteiger partial charge in [0.15, 0.2) is 0 Å². The van der Waals surface area contributed by atoms with E-state index < -0.39 is 6.61 Å². The van der Waals surface area contributed by atoms with E-state index in [2.05, 4.69) is 10.1 Å². The Morgan fingerprint density at radius 3 is 2.83 bits per heavy atom. The summed E-state index contributed by atoms with van der Waals surface area (Å²) in [6.07, 6.45) is 3.92. The SMILES string of the molecule is CC(NCCC1CC1)c1cccc(OC(F)F)c1. The number of nitrogens with one attached hydrogen (secondary N) is 1. The molecule has 0 amide bonds. The van der Waals surface area contributed by atoms with E-state index in [-0.39, 0.29) is 11.8 Å². The van der Waals surface area contributed by atoms with E-state index in [1.165, 1.54) is 19.3 Å². The van der Waals surface area contributed by atoms with E-state index in [9.17, 15) is 8.78 Å². The van der Waals surface area contributed by atoms with Crippen molar-refractivity contribution in [2.45, 2.75) is 38.8 Å². The molecule has 1 N–H and O–H groups in total. The van der Waals surface area contributed by atoms with Crippen LogP contribution in [0.4, 0.5) is 8.78 Å². The standard InChI is InChI=1S/C14H19F2NO/c1-10(17-8-7-11-5-6-11)12-3-2-4-13(9-12)18-14(15)16/h2-4,9-11,14,17H,5-8H2,1H3. The van der Waals surface area contributed by atoms with Crippen LogP contribution < -0.4 is 10.1 Å². The second-order valence-corrected chi connectivity index (χ2v) is 4.86. The van der Waals surface area contributed by atoms with Gasteiger partial charge in [0, 0.05) is 6.04 Å². The van der Waals surface area contributed by atoms with Gasteiger partial charge in [-0.2, -0.15) is 8.78 Å². The molecule has 18 heavy (non-hydrogen) atoms. The van der Waals surface area contributed by atoms with Gasteiger partial charge in [0.05, 0.1) is 0 Å². The Bertz CT molecular complexity index is 380. The fraction of sp³-hybridized carbons (Fsp3) is 0.571. The molecule has 0 heterocycles. The van der Waals surface area contributed by atoms with Crippen LogP contribution in [0.3, 0.4) is 0 Å². The molecule has 0 spiro atoms. The molecule has 1 aliphatic carbocycles. The second-order valence-electron chi connectivity index (χ2n) is 4.86. The zero-order valence-corrected chi connectivity index (χ0v) is 10.5. The molecule has 1 aliphatic rings. The maximum absolute atomic E-state index is 12.1. The quantitative estimate of drug-likeness (QED) is 0.801. The second kappa shape index (κ2) is 6.14. The number of hydrogen-bond donors (Lipinski definition) is 1. The summed E-state index contributed by atoms with van der Waals surface area (Å²) in [4.78, 5) is 0. The van der Waals surface area contributed by atoms with Crippen LogP contribution in [0.15, 0.2) is 24.3 Å². The van der Waals surface area contributed by atoms with Crippen LogP contribution in [-0.2, 0) is 0 Å². The van der Waals surface area contributed by atoms with Crippen LogP contribution in [0.2, 0.25) is 0 Å². The molecule has 2 nitrogen and oxygen atoms in total. The van der Waals surface area contributed by atoms with Crippen molar-refractivity contribution in [3.63, 3.8) is 0 Å². The van der Waals surface area contributed by atoms with Gasteiger partial charge in [-0.05, 0) is 43.5 Å². The average molecular weight is 255 g/mol. The molecule has 1 aromatic rings. The molecule has 0 radical (unpaired) electrons. The van der Waals surface area contributed by atoms with Crippen LogP contribution in [0, 0.1) is 5.92 Å². The van der Waals surface area contributed by atoms with Crippen LogP contribution >= 0.6 is 0 Å². The lowest BCUT2D eigenvalue weighted by Gasteiger charge is -2.15. The summed E-state index contributed by atoms with van der Waals surface area (Å²) in [6.45, 7) is 0.249. The minimum Gasteiger partial charge on any atom is -0.435 e. The smallest absolute Gasteiger partial charge is 0.387 e.